The van der Waals surface area contributed by atoms with Gasteiger partial charge in [0, 0.05) is 0 Å². The standard InChI is InChI=1S/C66H131NO5/c1-3-5-7-9-11-13-15-17-19-21-23-25-27-29-30-31-32-33-34-35-36-38-40-42-44-46-48-50-52-54-56-58-60-64(70)66(72)67-62(61-68)65(71)63(69)59-57-55-53-51-49-47-45-43-41-39-37-28-26-24-22-20-18-16-14-12-10-8-6-4-2/h29-30,62-65,68-71H,3-28,31-61H2,1-2H3,(H,67,72)/b30-29-. The molecule has 0 rings (SSSR count). The van der Waals surface area contributed by atoms with E-state index in [1.54, 1.807) is 0 Å². The first-order valence-corrected chi connectivity index (χ1v) is 33.1. The third-order valence-electron chi connectivity index (χ3n) is 16.0. The molecule has 4 unspecified atom stereocenters. The number of hydrogen-bond donors (Lipinski definition) is 5. The van der Waals surface area contributed by atoms with Crippen LogP contribution in [-0.4, -0.2) is 57.3 Å². The van der Waals surface area contributed by atoms with E-state index in [1.807, 2.05) is 0 Å². The fourth-order valence-corrected chi connectivity index (χ4v) is 10.8. The Kier molecular flexibility index (Phi) is 60.1. The fourth-order valence-electron chi connectivity index (χ4n) is 10.8. The van der Waals surface area contributed by atoms with E-state index in [0.29, 0.717) is 12.8 Å². The number of carbonyl (C=O) groups excluding carboxylic acids is 1. The fraction of sp³-hybridized carbons (Fsp3) is 0.955. The van der Waals surface area contributed by atoms with Crippen LogP contribution < -0.4 is 5.32 Å². The van der Waals surface area contributed by atoms with Crippen molar-refractivity contribution in [2.24, 2.45) is 0 Å². The Hall–Kier alpha value is -0.950. The van der Waals surface area contributed by atoms with Gasteiger partial charge in [0.1, 0.15) is 12.2 Å². The summed E-state index contributed by atoms with van der Waals surface area (Å²) in [4.78, 5) is 12.6. The van der Waals surface area contributed by atoms with Crippen LogP contribution >= 0.6 is 0 Å². The van der Waals surface area contributed by atoms with E-state index in [-0.39, 0.29) is 0 Å². The summed E-state index contributed by atoms with van der Waals surface area (Å²) in [6.45, 7) is 4.11. The first-order chi connectivity index (χ1) is 35.5. The molecular weight excluding hydrogens is 887 g/mol. The Bertz CT molecular complexity index is 1050. The molecule has 430 valence electrons. The Morgan fingerprint density at radius 3 is 0.806 bits per heavy atom. The molecule has 0 aromatic heterocycles. The Morgan fingerprint density at radius 1 is 0.333 bits per heavy atom. The van der Waals surface area contributed by atoms with Crippen molar-refractivity contribution in [3.63, 3.8) is 0 Å². The monoisotopic (exact) mass is 1020 g/mol. The van der Waals surface area contributed by atoms with Crippen LogP contribution in [0.5, 0.6) is 0 Å². The minimum atomic E-state index is -1.26. The lowest BCUT2D eigenvalue weighted by Crippen LogP contribution is -2.53. The van der Waals surface area contributed by atoms with E-state index < -0.39 is 36.9 Å². The van der Waals surface area contributed by atoms with Crippen LogP contribution in [-0.2, 0) is 4.79 Å². The molecule has 72 heavy (non-hydrogen) atoms. The van der Waals surface area contributed by atoms with Crippen LogP contribution in [0, 0.1) is 0 Å². The lowest BCUT2D eigenvalue weighted by molar-refractivity contribution is -0.132. The average molecular weight is 1020 g/mol. The summed E-state index contributed by atoms with van der Waals surface area (Å²) in [6.07, 6.45) is 74.6. The van der Waals surface area contributed by atoms with Crippen molar-refractivity contribution in [1.29, 1.82) is 0 Å². The van der Waals surface area contributed by atoms with Crippen LogP contribution in [0.2, 0.25) is 0 Å². The number of aliphatic hydroxyl groups excluding tert-OH is 4. The molecule has 0 aliphatic heterocycles. The summed E-state index contributed by atoms with van der Waals surface area (Å²) < 4.78 is 0. The van der Waals surface area contributed by atoms with E-state index in [2.05, 4.69) is 31.3 Å². The van der Waals surface area contributed by atoms with Crippen molar-refractivity contribution in [3.8, 4) is 0 Å². The van der Waals surface area contributed by atoms with Crippen molar-refractivity contribution >= 4 is 5.91 Å². The highest BCUT2D eigenvalue weighted by Gasteiger charge is 2.28. The Labute approximate surface area is 451 Å². The van der Waals surface area contributed by atoms with Gasteiger partial charge < -0.3 is 25.7 Å². The summed E-state index contributed by atoms with van der Waals surface area (Å²) in [5.74, 6) is -0.575. The molecule has 1 amide bonds. The lowest BCUT2D eigenvalue weighted by Gasteiger charge is -2.27. The lowest BCUT2D eigenvalue weighted by atomic mass is 9.99. The van der Waals surface area contributed by atoms with Gasteiger partial charge in [0.2, 0.25) is 5.91 Å². The second kappa shape index (κ2) is 60.9. The normalized spacial score (nSPS) is 13.6. The summed E-state index contributed by atoms with van der Waals surface area (Å²) in [6, 6.07) is -0.984. The van der Waals surface area contributed by atoms with E-state index in [9.17, 15) is 25.2 Å². The molecule has 6 heteroatoms. The molecule has 0 aliphatic rings. The van der Waals surface area contributed by atoms with Gasteiger partial charge in [-0.05, 0) is 38.5 Å². The second-order valence-electron chi connectivity index (χ2n) is 23.2. The number of rotatable bonds is 62. The van der Waals surface area contributed by atoms with Gasteiger partial charge in [-0.1, -0.05) is 347 Å². The molecule has 0 spiro atoms. The van der Waals surface area contributed by atoms with Crippen molar-refractivity contribution < 1.29 is 25.2 Å². The van der Waals surface area contributed by atoms with Gasteiger partial charge in [-0.25, -0.2) is 0 Å². The van der Waals surface area contributed by atoms with Crippen LogP contribution in [0.25, 0.3) is 0 Å². The summed E-state index contributed by atoms with van der Waals surface area (Å²) >= 11 is 0. The molecule has 0 saturated heterocycles. The predicted molar refractivity (Wildman–Crippen MR) is 316 cm³/mol. The van der Waals surface area contributed by atoms with E-state index in [0.717, 1.165) is 38.5 Å². The minimum Gasteiger partial charge on any atom is -0.394 e. The highest BCUT2D eigenvalue weighted by atomic mass is 16.3. The number of unbranched alkanes of at least 4 members (excludes halogenated alkanes) is 51. The highest BCUT2D eigenvalue weighted by molar-refractivity contribution is 5.80. The highest BCUT2D eigenvalue weighted by Crippen LogP contribution is 2.19. The molecule has 0 aliphatic carbocycles. The van der Waals surface area contributed by atoms with E-state index >= 15 is 0 Å². The zero-order chi connectivity index (χ0) is 52.3. The third-order valence-corrected chi connectivity index (χ3v) is 16.0. The minimum absolute atomic E-state index is 0.374. The average Bonchev–Trinajstić information content (AvgIpc) is 3.39. The maximum atomic E-state index is 12.6. The first-order valence-electron chi connectivity index (χ1n) is 33.1. The summed E-state index contributed by atoms with van der Waals surface area (Å²) in [5, 5.41) is 44.2. The molecule has 0 heterocycles. The summed E-state index contributed by atoms with van der Waals surface area (Å²) in [5.41, 5.74) is 0. The number of aliphatic hydroxyl groups is 4. The second-order valence-corrected chi connectivity index (χ2v) is 23.2. The maximum Gasteiger partial charge on any atom is 0.249 e. The molecule has 0 aromatic rings. The SMILES string of the molecule is CCCCCCCCCCCCCC/C=C\CCCCCCCCCCCCCCCCCCC(O)C(=O)NC(CO)C(O)C(O)CCCCCCCCCCCCCCCCCCCCCCCCCC. The van der Waals surface area contributed by atoms with Gasteiger partial charge in [-0.15, -0.1) is 0 Å². The zero-order valence-electron chi connectivity index (χ0n) is 49.0. The maximum absolute atomic E-state index is 12.6. The van der Waals surface area contributed by atoms with Gasteiger partial charge >= 0.3 is 0 Å². The molecular formula is C66H131NO5. The molecule has 4 atom stereocenters. The van der Waals surface area contributed by atoms with Crippen LogP contribution in [0.1, 0.15) is 373 Å². The molecule has 0 radical (unpaired) electrons. The topological polar surface area (TPSA) is 110 Å². The van der Waals surface area contributed by atoms with Crippen LogP contribution in [0.4, 0.5) is 0 Å². The number of hydrogen-bond acceptors (Lipinski definition) is 5. The van der Waals surface area contributed by atoms with Crippen molar-refractivity contribution in [3.05, 3.63) is 12.2 Å². The Balaban J connectivity index is 3.54. The number of allylic oxidation sites excluding steroid dienone is 2. The Morgan fingerprint density at radius 2 is 0.556 bits per heavy atom. The molecule has 0 saturated carbocycles. The molecule has 0 aromatic carbocycles. The van der Waals surface area contributed by atoms with Crippen LogP contribution in [0.3, 0.4) is 0 Å². The zero-order valence-corrected chi connectivity index (χ0v) is 49.0. The van der Waals surface area contributed by atoms with Gasteiger partial charge in [0.05, 0.1) is 18.8 Å². The molecule has 5 N–H and O–H groups in total. The van der Waals surface area contributed by atoms with Crippen molar-refractivity contribution in [2.75, 3.05) is 6.61 Å². The summed E-state index contributed by atoms with van der Waals surface area (Å²) in [7, 11) is 0. The quantitative estimate of drug-likeness (QED) is 0.0308. The smallest absolute Gasteiger partial charge is 0.249 e. The van der Waals surface area contributed by atoms with E-state index in [4.69, 9.17) is 0 Å². The number of nitrogens with one attached hydrogen (secondary N) is 1. The third kappa shape index (κ3) is 53.9. The predicted octanol–water partition coefficient (Wildman–Crippen LogP) is 20.0. The molecule has 0 fully saturated rings. The van der Waals surface area contributed by atoms with Gasteiger partial charge in [-0.2, -0.15) is 0 Å². The largest absolute Gasteiger partial charge is 0.394 e. The van der Waals surface area contributed by atoms with Gasteiger partial charge in [0.25, 0.3) is 0 Å². The van der Waals surface area contributed by atoms with Crippen molar-refractivity contribution in [2.45, 2.75) is 398 Å². The number of amides is 1. The number of carbonyl (C=O) groups is 1. The van der Waals surface area contributed by atoms with E-state index in [1.165, 1.54) is 308 Å². The van der Waals surface area contributed by atoms with Gasteiger partial charge in [0.15, 0.2) is 0 Å². The molecule has 6 nitrogen and oxygen atoms in total. The van der Waals surface area contributed by atoms with Crippen LogP contribution in [0.15, 0.2) is 12.2 Å². The molecule has 0 bridgehead atoms. The van der Waals surface area contributed by atoms with Crippen molar-refractivity contribution in [1.82, 2.24) is 5.32 Å². The first kappa shape index (κ1) is 71.0. The van der Waals surface area contributed by atoms with Gasteiger partial charge in [-0.3, -0.25) is 4.79 Å².